The lowest BCUT2D eigenvalue weighted by molar-refractivity contribution is 0.658. The second kappa shape index (κ2) is 11.6. The Balaban J connectivity index is 0.952. The van der Waals surface area contributed by atoms with E-state index in [4.69, 9.17) is 0 Å². The number of benzene rings is 7. The second-order valence-electron chi connectivity index (χ2n) is 13.3. The largest absolute Gasteiger partial charge is 0.0622 e. The normalized spacial score (nSPS) is 13.0. The lowest BCUT2D eigenvalue weighted by Crippen LogP contribution is -2.15. The van der Waals surface area contributed by atoms with Crippen LogP contribution in [-0.2, 0) is 18.3 Å². The summed E-state index contributed by atoms with van der Waals surface area (Å²) in [5, 5.41) is 2.58. The number of fused-ring (bicyclic) bond motifs is 4. The SMILES string of the molecule is CC1(C)c2cc(CCCc3ccc(-c4ccc5ccccc5c4)cc3)ccc2-c2ccc(-c3ccc(-c4ccccc4)cc3)cc21. The molecule has 0 saturated carbocycles. The minimum absolute atomic E-state index is 0.0285. The fourth-order valence-electron chi connectivity index (χ4n) is 7.33. The third kappa shape index (κ3) is 5.25. The van der Waals surface area contributed by atoms with Crippen molar-refractivity contribution in [3.63, 3.8) is 0 Å². The zero-order chi connectivity index (χ0) is 31.1. The maximum atomic E-state index is 2.48. The number of hydrogen-bond donors (Lipinski definition) is 0. The van der Waals surface area contributed by atoms with Gasteiger partial charge in [-0.25, -0.2) is 0 Å². The molecule has 0 heteroatoms. The second-order valence-corrected chi connectivity index (χ2v) is 13.3. The Labute approximate surface area is 273 Å². The molecule has 7 aromatic carbocycles. The van der Waals surface area contributed by atoms with Crippen molar-refractivity contribution in [1.82, 2.24) is 0 Å². The predicted molar refractivity (Wildman–Crippen MR) is 196 cm³/mol. The van der Waals surface area contributed by atoms with Gasteiger partial charge < -0.3 is 0 Å². The molecule has 0 saturated heterocycles. The smallest absolute Gasteiger partial charge is 0.0159 e. The fraction of sp³-hybridized carbons (Fsp3) is 0.130. The lowest BCUT2D eigenvalue weighted by atomic mass is 9.81. The third-order valence-electron chi connectivity index (χ3n) is 10.0. The highest BCUT2D eigenvalue weighted by Crippen LogP contribution is 2.50. The Bertz CT molecular complexity index is 2160. The Morgan fingerprint density at radius 2 is 0.848 bits per heavy atom. The first-order valence-electron chi connectivity index (χ1n) is 16.6. The Hall–Kier alpha value is -5.20. The van der Waals surface area contributed by atoms with E-state index in [1.54, 1.807) is 0 Å². The molecule has 0 aliphatic heterocycles. The van der Waals surface area contributed by atoms with Gasteiger partial charge in [0.05, 0.1) is 0 Å². The van der Waals surface area contributed by atoms with E-state index in [-0.39, 0.29) is 5.41 Å². The monoisotopic (exact) mass is 590 g/mol. The first-order chi connectivity index (χ1) is 22.5. The fourth-order valence-corrected chi connectivity index (χ4v) is 7.33. The predicted octanol–water partition coefficient (Wildman–Crippen LogP) is 12.3. The van der Waals surface area contributed by atoms with Crippen LogP contribution in [0.15, 0.2) is 158 Å². The molecule has 0 N–H and O–H groups in total. The molecular weight excluding hydrogens is 553 g/mol. The molecule has 0 bridgehead atoms. The van der Waals surface area contributed by atoms with Crippen molar-refractivity contribution in [2.24, 2.45) is 0 Å². The summed E-state index contributed by atoms with van der Waals surface area (Å²) in [5.41, 5.74) is 16.1. The average Bonchev–Trinajstić information content (AvgIpc) is 3.34. The van der Waals surface area contributed by atoms with Crippen LogP contribution in [0, 0.1) is 0 Å². The molecule has 46 heavy (non-hydrogen) atoms. The van der Waals surface area contributed by atoms with E-state index in [9.17, 15) is 0 Å². The lowest BCUT2D eigenvalue weighted by Gasteiger charge is -2.22. The van der Waals surface area contributed by atoms with Crippen molar-refractivity contribution in [3.8, 4) is 44.5 Å². The Morgan fingerprint density at radius 3 is 1.59 bits per heavy atom. The molecule has 0 heterocycles. The van der Waals surface area contributed by atoms with Gasteiger partial charge in [-0.05, 0) is 109 Å². The standard InChI is InChI=1S/C46H38/c1-46(2)44-29-33(10-8-9-32-15-18-37(19-16-32)40-25-24-35-13-6-7-14-39(35)30-40)17-27-42(44)43-28-26-41(31-45(43)46)38-22-20-36(21-23-38)34-11-4-3-5-12-34/h3-7,11-31H,8-10H2,1-2H3. The summed E-state index contributed by atoms with van der Waals surface area (Å²) in [6.07, 6.45) is 3.32. The summed E-state index contributed by atoms with van der Waals surface area (Å²) in [7, 11) is 0. The number of rotatable bonds is 7. The molecule has 8 rings (SSSR count). The summed E-state index contributed by atoms with van der Waals surface area (Å²) in [6.45, 7) is 4.78. The Kier molecular flexibility index (Phi) is 7.15. The van der Waals surface area contributed by atoms with Crippen molar-refractivity contribution in [1.29, 1.82) is 0 Å². The zero-order valence-corrected chi connectivity index (χ0v) is 26.6. The first kappa shape index (κ1) is 28.3. The van der Waals surface area contributed by atoms with Gasteiger partial charge in [0, 0.05) is 5.41 Å². The van der Waals surface area contributed by atoms with Crippen LogP contribution < -0.4 is 0 Å². The van der Waals surface area contributed by atoms with Crippen molar-refractivity contribution in [2.75, 3.05) is 0 Å². The van der Waals surface area contributed by atoms with Gasteiger partial charge in [0.2, 0.25) is 0 Å². The van der Waals surface area contributed by atoms with E-state index in [1.807, 2.05) is 0 Å². The van der Waals surface area contributed by atoms with Crippen LogP contribution in [0.3, 0.4) is 0 Å². The first-order valence-corrected chi connectivity index (χ1v) is 16.6. The van der Waals surface area contributed by atoms with Crippen molar-refractivity contribution in [2.45, 2.75) is 38.5 Å². The quantitative estimate of drug-likeness (QED) is 0.173. The molecule has 0 radical (unpaired) electrons. The molecule has 0 nitrogen and oxygen atoms in total. The van der Waals surface area contributed by atoms with E-state index in [0.717, 1.165) is 19.3 Å². The van der Waals surface area contributed by atoms with Gasteiger partial charge in [-0.1, -0.05) is 159 Å². The van der Waals surface area contributed by atoms with Crippen molar-refractivity contribution < 1.29 is 0 Å². The van der Waals surface area contributed by atoms with Crippen LogP contribution in [0.4, 0.5) is 0 Å². The molecule has 222 valence electrons. The van der Waals surface area contributed by atoms with Gasteiger partial charge in [0.15, 0.2) is 0 Å². The van der Waals surface area contributed by atoms with Crippen molar-refractivity contribution in [3.05, 3.63) is 180 Å². The van der Waals surface area contributed by atoms with Crippen LogP contribution >= 0.6 is 0 Å². The molecule has 7 aromatic rings. The topological polar surface area (TPSA) is 0 Å². The molecular formula is C46H38. The molecule has 1 aliphatic rings. The zero-order valence-electron chi connectivity index (χ0n) is 26.6. The minimum atomic E-state index is -0.0285. The van der Waals surface area contributed by atoms with Crippen LogP contribution in [0.1, 0.15) is 42.5 Å². The van der Waals surface area contributed by atoms with E-state index >= 15 is 0 Å². The van der Waals surface area contributed by atoms with Gasteiger partial charge in [-0.3, -0.25) is 0 Å². The highest BCUT2D eigenvalue weighted by molar-refractivity contribution is 5.87. The van der Waals surface area contributed by atoms with Gasteiger partial charge in [0.25, 0.3) is 0 Å². The minimum Gasteiger partial charge on any atom is -0.0622 e. The summed E-state index contributed by atoms with van der Waals surface area (Å²) in [4.78, 5) is 0. The molecule has 0 atom stereocenters. The highest BCUT2D eigenvalue weighted by atomic mass is 14.4. The highest BCUT2D eigenvalue weighted by Gasteiger charge is 2.35. The van der Waals surface area contributed by atoms with Gasteiger partial charge in [0.1, 0.15) is 0 Å². The molecule has 1 aliphatic carbocycles. The van der Waals surface area contributed by atoms with Crippen molar-refractivity contribution >= 4 is 10.8 Å². The molecule has 0 aromatic heterocycles. The van der Waals surface area contributed by atoms with E-state index in [1.165, 1.54) is 77.5 Å². The van der Waals surface area contributed by atoms with Crippen LogP contribution in [0.25, 0.3) is 55.3 Å². The van der Waals surface area contributed by atoms with Crippen LogP contribution in [0.2, 0.25) is 0 Å². The maximum Gasteiger partial charge on any atom is 0.0159 e. The van der Waals surface area contributed by atoms with Gasteiger partial charge in [-0.2, -0.15) is 0 Å². The van der Waals surface area contributed by atoms with Crippen LogP contribution in [-0.4, -0.2) is 0 Å². The average molecular weight is 591 g/mol. The molecule has 0 fully saturated rings. The van der Waals surface area contributed by atoms with Gasteiger partial charge >= 0.3 is 0 Å². The van der Waals surface area contributed by atoms with E-state index in [0.29, 0.717) is 0 Å². The molecule has 0 unspecified atom stereocenters. The number of aryl methyl sites for hydroxylation is 2. The Morgan fingerprint density at radius 1 is 0.370 bits per heavy atom. The summed E-state index contributed by atoms with van der Waals surface area (Å²) in [5.74, 6) is 0. The van der Waals surface area contributed by atoms with E-state index < -0.39 is 0 Å². The number of hydrogen-bond acceptors (Lipinski definition) is 0. The summed E-state index contributed by atoms with van der Waals surface area (Å²) >= 11 is 0. The molecule has 0 amide bonds. The van der Waals surface area contributed by atoms with Gasteiger partial charge in [-0.15, -0.1) is 0 Å². The maximum absolute atomic E-state index is 2.48. The third-order valence-corrected chi connectivity index (χ3v) is 10.0. The summed E-state index contributed by atoms with van der Waals surface area (Å²) < 4.78 is 0. The van der Waals surface area contributed by atoms with E-state index in [2.05, 4.69) is 172 Å². The molecule has 0 spiro atoms. The van der Waals surface area contributed by atoms with Crippen LogP contribution in [0.5, 0.6) is 0 Å². The summed E-state index contributed by atoms with van der Waals surface area (Å²) in [6, 6.07) is 58.3.